The Morgan fingerprint density at radius 2 is 1.95 bits per heavy atom. The highest BCUT2D eigenvalue weighted by Gasteiger charge is 2.35. The first-order valence-corrected chi connectivity index (χ1v) is 9.83. The number of ether oxygens (including phenoxy) is 1. The van der Waals surface area contributed by atoms with Crippen LogP contribution in [0.5, 0.6) is 5.75 Å². The number of benzene rings is 2. The molecule has 0 aromatic heterocycles. The van der Waals surface area contributed by atoms with Gasteiger partial charge in [0.05, 0.1) is 7.11 Å². The van der Waals surface area contributed by atoms with E-state index in [9.17, 15) is 4.57 Å². The minimum atomic E-state index is -2.15. The molecule has 4 rings (SSSR count). The van der Waals surface area contributed by atoms with Crippen LogP contribution in [0, 0.1) is 0 Å². The highest BCUT2D eigenvalue weighted by atomic mass is 31.2. The SMILES string of the molecule is COc1ccc2c3c(ccc2c1)C1=C(CC3)CCP1(C)=O. The van der Waals surface area contributed by atoms with E-state index < -0.39 is 7.14 Å². The Bertz CT molecular complexity index is 832. The summed E-state index contributed by atoms with van der Waals surface area (Å²) >= 11 is 0. The fourth-order valence-electron chi connectivity index (χ4n) is 3.87. The van der Waals surface area contributed by atoms with Gasteiger partial charge in [0.2, 0.25) is 0 Å². The minimum absolute atomic E-state index is 0.859. The number of allylic oxidation sites excluding steroid dienone is 1. The van der Waals surface area contributed by atoms with E-state index in [0.717, 1.165) is 31.2 Å². The third kappa shape index (κ3) is 1.89. The molecular weight excluding hydrogens is 279 g/mol. The molecule has 0 spiro atoms. The molecule has 0 fully saturated rings. The second kappa shape index (κ2) is 4.48. The smallest absolute Gasteiger partial charge is 0.119 e. The van der Waals surface area contributed by atoms with Crippen molar-refractivity contribution in [2.45, 2.75) is 19.3 Å². The summed E-state index contributed by atoms with van der Waals surface area (Å²) < 4.78 is 18.2. The van der Waals surface area contributed by atoms with Gasteiger partial charge in [0.15, 0.2) is 0 Å². The van der Waals surface area contributed by atoms with Crippen LogP contribution in [0.25, 0.3) is 16.1 Å². The molecule has 0 saturated heterocycles. The standard InChI is InChI=1S/C18H19O2P/c1-20-14-5-8-15-13(11-14)4-7-17-16(15)6-3-12-9-10-21(2,19)18(12)17/h4-5,7-8,11H,3,6,9-10H2,1-2H3. The van der Waals surface area contributed by atoms with Crippen LogP contribution < -0.4 is 4.74 Å². The molecule has 0 bridgehead atoms. The van der Waals surface area contributed by atoms with Crippen LogP contribution in [-0.4, -0.2) is 19.9 Å². The monoisotopic (exact) mass is 298 g/mol. The van der Waals surface area contributed by atoms with E-state index in [4.69, 9.17) is 4.74 Å². The summed E-state index contributed by atoms with van der Waals surface area (Å²) in [6, 6.07) is 10.6. The van der Waals surface area contributed by atoms with Gasteiger partial charge in [-0.25, -0.2) is 0 Å². The quantitative estimate of drug-likeness (QED) is 0.700. The average Bonchev–Trinajstić information content (AvgIpc) is 2.82. The maximum Gasteiger partial charge on any atom is 0.119 e. The number of aryl methyl sites for hydroxylation is 1. The third-order valence-electron chi connectivity index (χ3n) is 4.92. The normalized spacial score (nSPS) is 24.1. The number of fused-ring (bicyclic) bond motifs is 4. The average molecular weight is 298 g/mol. The molecule has 2 aromatic rings. The molecule has 1 aliphatic carbocycles. The predicted molar refractivity (Wildman–Crippen MR) is 88.8 cm³/mol. The van der Waals surface area contributed by atoms with Gasteiger partial charge >= 0.3 is 0 Å². The molecule has 0 amide bonds. The molecule has 0 saturated carbocycles. The zero-order valence-electron chi connectivity index (χ0n) is 12.5. The van der Waals surface area contributed by atoms with E-state index in [0.29, 0.717) is 0 Å². The van der Waals surface area contributed by atoms with Crippen LogP contribution in [0.1, 0.15) is 24.0 Å². The largest absolute Gasteiger partial charge is 0.497 e. The summed E-state index contributed by atoms with van der Waals surface area (Å²) in [6.45, 7) is 1.96. The van der Waals surface area contributed by atoms with Gasteiger partial charge in [-0.05, 0) is 60.0 Å². The molecule has 0 radical (unpaired) electrons. The molecule has 2 aliphatic rings. The van der Waals surface area contributed by atoms with Crippen molar-refractivity contribution in [3.63, 3.8) is 0 Å². The van der Waals surface area contributed by atoms with Crippen LogP contribution in [0.3, 0.4) is 0 Å². The summed E-state index contributed by atoms with van der Waals surface area (Å²) in [5.74, 6) is 0.889. The molecule has 1 unspecified atom stereocenters. The zero-order valence-corrected chi connectivity index (χ0v) is 13.4. The summed E-state index contributed by atoms with van der Waals surface area (Å²) in [5.41, 5.74) is 4.07. The summed E-state index contributed by atoms with van der Waals surface area (Å²) in [5, 5.41) is 3.69. The Morgan fingerprint density at radius 3 is 2.76 bits per heavy atom. The van der Waals surface area contributed by atoms with E-state index in [1.54, 1.807) is 7.11 Å². The number of rotatable bonds is 1. The second-order valence-electron chi connectivity index (χ2n) is 6.21. The molecule has 1 heterocycles. The topological polar surface area (TPSA) is 26.3 Å². The molecular formula is C18H19O2P. The second-order valence-corrected chi connectivity index (χ2v) is 9.30. The van der Waals surface area contributed by atoms with Gasteiger partial charge in [0.25, 0.3) is 0 Å². The van der Waals surface area contributed by atoms with Gasteiger partial charge in [-0.1, -0.05) is 23.8 Å². The van der Waals surface area contributed by atoms with Crippen molar-refractivity contribution in [1.29, 1.82) is 0 Å². The highest BCUT2D eigenvalue weighted by Crippen LogP contribution is 2.65. The lowest BCUT2D eigenvalue weighted by Crippen LogP contribution is -2.03. The van der Waals surface area contributed by atoms with Crippen molar-refractivity contribution in [1.82, 2.24) is 0 Å². The van der Waals surface area contributed by atoms with Gasteiger partial charge < -0.3 is 9.30 Å². The van der Waals surface area contributed by atoms with Crippen LogP contribution in [0.4, 0.5) is 0 Å². The molecule has 2 aromatic carbocycles. The van der Waals surface area contributed by atoms with E-state index in [1.165, 1.54) is 32.8 Å². The van der Waals surface area contributed by atoms with Crippen molar-refractivity contribution in [2.24, 2.45) is 0 Å². The van der Waals surface area contributed by atoms with Gasteiger partial charge in [-0.3, -0.25) is 0 Å². The molecule has 0 N–H and O–H groups in total. The predicted octanol–water partition coefficient (Wildman–Crippen LogP) is 4.90. The number of methoxy groups -OCH3 is 1. The Balaban J connectivity index is 1.99. The van der Waals surface area contributed by atoms with E-state index >= 15 is 0 Å². The van der Waals surface area contributed by atoms with Crippen molar-refractivity contribution >= 4 is 23.2 Å². The maximum atomic E-state index is 12.9. The third-order valence-corrected chi connectivity index (χ3v) is 7.50. The first-order chi connectivity index (χ1) is 10.1. The van der Waals surface area contributed by atoms with E-state index in [1.807, 2.05) is 12.7 Å². The van der Waals surface area contributed by atoms with Crippen molar-refractivity contribution < 1.29 is 9.30 Å². The van der Waals surface area contributed by atoms with Crippen LogP contribution >= 0.6 is 7.14 Å². The molecule has 108 valence electrons. The van der Waals surface area contributed by atoms with Crippen molar-refractivity contribution in [3.8, 4) is 5.75 Å². The Labute approximate surface area is 125 Å². The molecule has 2 nitrogen and oxygen atoms in total. The summed E-state index contributed by atoms with van der Waals surface area (Å²) in [6.07, 6.45) is 4.03. The van der Waals surface area contributed by atoms with Gasteiger partial charge in [-0.15, -0.1) is 0 Å². The molecule has 1 aliphatic heterocycles. The lowest BCUT2D eigenvalue weighted by atomic mass is 9.87. The Hall–Kier alpha value is -1.53. The first kappa shape index (κ1) is 13.2. The Morgan fingerprint density at radius 1 is 1.10 bits per heavy atom. The van der Waals surface area contributed by atoms with E-state index in [-0.39, 0.29) is 0 Å². The van der Waals surface area contributed by atoms with Crippen LogP contribution in [0.15, 0.2) is 35.9 Å². The fraction of sp³-hybridized carbons (Fsp3) is 0.333. The number of hydrogen-bond acceptors (Lipinski definition) is 2. The zero-order chi connectivity index (χ0) is 14.6. The Kier molecular flexibility index (Phi) is 2.81. The van der Waals surface area contributed by atoms with Gasteiger partial charge in [-0.2, -0.15) is 0 Å². The lowest BCUT2D eigenvalue weighted by molar-refractivity contribution is 0.415. The molecule has 21 heavy (non-hydrogen) atoms. The molecule has 3 heteroatoms. The highest BCUT2D eigenvalue weighted by molar-refractivity contribution is 7.74. The lowest BCUT2D eigenvalue weighted by Gasteiger charge is -2.23. The minimum Gasteiger partial charge on any atom is -0.497 e. The van der Waals surface area contributed by atoms with Crippen LogP contribution in [0.2, 0.25) is 0 Å². The summed E-state index contributed by atoms with van der Waals surface area (Å²) in [4.78, 5) is 0. The van der Waals surface area contributed by atoms with E-state index in [2.05, 4.69) is 24.3 Å². The van der Waals surface area contributed by atoms with Crippen molar-refractivity contribution in [2.75, 3.05) is 19.9 Å². The first-order valence-electron chi connectivity index (χ1n) is 7.49. The maximum absolute atomic E-state index is 12.9. The van der Waals surface area contributed by atoms with Crippen molar-refractivity contribution in [3.05, 3.63) is 47.0 Å². The number of hydrogen-bond donors (Lipinski definition) is 0. The van der Waals surface area contributed by atoms with Gasteiger partial charge in [0, 0.05) is 11.5 Å². The van der Waals surface area contributed by atoms with Crippen LogP contribution in [-0.2, 0) is 11.0 Å². The van der Waals surface area contributed by atoms with Gasteiger partial charge in [0.1, 0.15) is 12.9 Å². The molecule has 1 atom stereocenters. The fourth-order valence-corrected chi connectivity index (χ4v) is 6.40. The summed E-state index contributed by atoms with van der Waals surface area (Å²) in [7, 11) is -0.449.